The predicted octanol–water partition coefficient (Wildman–Crippen LogP) is 2.14. The summed E-state index contributed by atoms with van der Waals surface area (Å²) in [5.41, 5.74) is 1.48. The Morgan fingerprint density at radius 3 is 2.86 bits per heavy atom. The first-order valence-electron chi connectivity index (χ1n) is 7.93. The average Bonchev–Trinajstić information content (AvgIpc) is 2.59. The van der Waals surface area contributed by atoms with Crippen molar-refractivity contribution in [2.24, 2.45) is 0 Å². The Hall–Kier alpha value is -2.06. The van der Waals surface area contributed by atoms with Gasteiger partial charge in [-0.2, -0.15) is 5.26 Å². The zero-order chi connectivity index (χ0) is 15.4. The summed E-state index contributed by atoms with van der Waals surface area (Å²) in [6.07, 6.45) is 4.72. The standard InChI is InChI=1S/C17H21N3O2/c18-11-13-5-7-14(8-6-13)19-12-17(21)20-9-10-22-16-4-2-1-3-15(16)20/h5-8,15-16,19H,1-4,9-10,12H2/t15-,16-/m1/s1. The number of nitriles is 1. The van der Waals surface area contributed by atoms with E-state index >= 15 is 0 Å². The Bertz CT molecular complexity index is 562. The molecule has 1 N–H and O–H groups in total. The van der Waals surface area contributed by atoms with E-state index < -0.39 is 0 Å². The van der Waals surface area contributed by atoms with E-state index in [2.05, 4.69) is 11.4 Å². The van der Waals surface area contributed by atoms with Crippen molar-refractivity contribution in [1.29, 1.82) is 5.26 Å². The van der Waals surface area contributed by atoms with Crippen LogP contribution in [0.3, 0.4) is 0 Å². The molecule has 3 rings (SSSR count). The maximum Gasteiger partial charge on any atom is 0.242 e. The van der Waals surface area contributed by atoms with E-state index in [9.17, 15) is 4.79 Å². The van der Waals surface area contributed by atoms with Crippen LogP contribution >= 0.6 is 0 Å². The third-order valence-electron chi connectivity index (χ3n) is 4.51. The van der Waals surface area contributed by atoms with Gasteiger partial charge in [0.2, 0.25) is 5.91 Å². The van der Waals surface area contributed by atoms with Crippen LogP contribution in [0.2, 0.25) is 0 Å². The molecule has 1 amide bonds. The highest BCUT2D eigenvalue weighted by Crippen LogP contribution is 2.28. The molecule has 2 fully saturated rings. The Kier molecular flexibility index (Phi) is 4.59. The smallest absolute Gasteiger partial charge is 0.242 e. The molecule has 1 aliphatic carbocycles. The summed E-state index contributed by atoms with van der Waals surface area (Å²) in [5, 5.41) is 11.9. The van der Waals surface area contributed by atoms with Crippen LogP contribution in [0.15, 0.2) is 24.3 Å². The SMILES string of the molecule is N#Cc1ccc(NCC(=O)N2CCO[C@@H]3CCCC[C@H]32)cc1. The number of ether oxygens (including phenoxy) is 1. The van der Waals surface area contributed by atoms with Crippen molar-refractivity contribution in [2.45, 2.75) is 37.8 Å². The number of carbonyl (C=O) groups is 1. The second-order valence-corrected chi connectivity index (χ2v) is 5.89. The number of morpholine rings is 1. The van der Waals surface area contributed by atoms with Crippen LogP contribution in [-0.2, 0) is 9.53 Å². The molecule has 0 unspecified atom stereocenters. The molecule has 0 bridgehead atoms. The number of hydrogen-bond donors (Lipinski definition) is 1. The summed E-state index contributed by atoms with van der Waals surface area (Å²) in [4.78, 5) is 14.5. The number of benzene rings is 1. The fourth-order valence-corrected chi connectivity index (χ4v) is 3.35. The van der Waals surface area contributed by atoms with Crippen LogP contribution in [0, 0.1) is 11.3 Å². The number of nitrogens with one attached hydrogen (secondary N) is 1. The van der Waals surface area contributed by atoms with E-state index in [1.807, 2.05) is 17.0 Å². The maximum absolute atomic E-state index is 12.5. The van der Waals surface area contributed by atoms with Crippen molar-refractivity contribution >= 4 is 11.6 Å². The molecule has 1 aliphatic heterocycles. The Balaban J connectivity index is 1.57. The van der Waals surface area contributed by atoms with E-state index in [0.717, 1.165) is 18.5 Å². The predicted molar refractivity (Wildman–Crippen MR) is 83.4 cm³/mol. The van der Waals surface area contributed by atoms with Crippen LogP contribution < -0.4 is 5.32 Å². The molecule has 22 heavy (non-hydrogen) atoms. The van der Waals surface area contributed by atoms with Gasteiger partial charge in [-0.25, -0.2) is 0 Å². The number of carbonyl (C=O) groups excluding carboxylic acids is 1. The molecule has 2 aliphatic rings. The molecule has 2 atom stereocenters. The number of rotatable bonds is 3. The molecule has 0 aromatic heterocycles. The Morgan fingerprint density at radius 1 is 1.32 bits per heavy atom. The summed E-state index contributed by atoms with van der Waals surface area (Å²) < 4.78 is 5.81. The molecule has 1 saturated carbocycles. The van der Waals surface area contributed by atoms with Gasteiger partial charge in [0.1, 0.15) is 0 Å². The Morgan fingerprint density at radius 2 is 2.09 bits per heavy atom. The fourth-order valence-electron chi connectivity index (χ4n) is 3.35. The van der Waals surface area contributed by atoms with Gasteiger partial charge in [0.25, 0.3) is 0 Å². The molecule has 1 aromatic rings. The van der Waals surface area contributed by atoms with Crippen molar-refractivity contribution in [3.05, 3.63) is 29.8 Å². The number of amides is 1. The summed E-state index contributed by atoms with van der Waals surface area (Å²) in [5.74, 6) is 0.129. The van der Waals surface area contributed by atoms with Crippen molar-refractivity contribution in [3.63, 3.8) is 0 Å². The van der Waals surface area contributed by atoms with Crippen molar-refractivity contribution in [1.82, 2.24) is 4.90 Å². The topological polar surface area (TPSA) is 65.4 Å². The lowest BCUT2D eigenvalue weighted by Crippen LogP contribution is -2.56. The van der Waals surface area contributed by atoms with Gasteiger partial charge in [-0.05, 0) is 37.1 Å². The highest BCUT2D eigenvalue weighted by atomic mass is 16.5. The second-order valence-electron chi connectivity index (χ2n) is 5.89. The van der Waals surface area contributed by atoms with E-state index in [0.29, 0.717) is 18.7 Å². The van der Waals surface area contributed by atoms with Crippen molar-refractivity contribution in [3.8, 4) is 6.07 Å². The third-order valence-corrected chi connectivity index (χ3v) is 4.51. The van der Waals surface area contributed by atoms with E-state index in [1.165, 1.54) is 12.8 Å². The molecular weight excluding hydrogens is 278 g/mol. The fraction of sp³-hybridized carbons (Fsp3) is 0.529. The van der Waals surface area contributed by atoms with Gasteiger partial charge >= 0.3 is 0 Å². The molecule has 0 spiro atoms. The molecule has 116 valence electrons. The number of anilines is 1. The summed E-state index contributed by atoms with van der Waals surface area (Å²) in [6.45, 7) is 1.62. The lowest BCUT2D eigenvalue weighted by atomic mass is 9.90. The van der Waals surface area contributed by atoms with Crippen molar-refractivity contribution in [2.75, 3.05) is 25.0 Å². The monoisotopic (exact) mass is 299 g/mol. The molecule has 1 aromatic carbocycles. The lowest BCUT2D eigenvalue weighted by Gasteiger charge is -2.43. The van der Waals surface area contributed by atoms with Gasteiger partial charge in [0.15, 0.2) is 0 Å². The van der Waals surface area contributed by atoms with Crippen LogP contribution in [-0.4, -0.2) is 42.6 Å². The second kappa shape index (κ2) is 6.80. The molecular formula is C17H21N3O2. The zero-order valence-electron chi connectivity index (χ0n) is 12.6. The zero-order valence-corrected chi connectivity index (χ0v) is 12.6. The first-order valence-corrected chi connectivity index (χ1v) is 7.93. The first kappa shape index (κ1) is 14.9. The number of nitrogens with zero attached hydrogens (tertiary/aromatic N) is 2. The summed E-state index contributed by atoms with van der Waals surface area (Å²) in [6, 6.07) is 9.49. The highest BCUT2D eigenvalue weighted by molar-refractivity contribution is 5.81. The van der Waals surface area contributed by atoms with Gasteiger partial charge in [0.05, 0.1) is 36.9 Å². The summed E-state index contributed by atoms with van der Waals surface area (Å²) >= 11 is 0. The van der Waals surface area contributed by atoms with Gasteiger partial charge < -0.3 is 15.0 Å². The maximum atomic E-state index is 12.5. The van der Waals surface area contributed by atoms with Gasteiger partial charge in [0, 0.05) is 12.2 Å². The minimum Gasteiger partial charge on any atom is -0.376 e. The Labute approximate surface area is 130 Å². The molecule has 5 heteroatoms. The van der Waals surface area contributed by atoms with E-state index in [1.54, 1.807) is 12.1 Å². The number of fused-ring (bicyclic) bond motifs is 1. The van der Waals surface area contributed by atoms with E-state index in [-0.39, 0.29) is 24.6 Å². The van der Waals surface area contributed by atoms with Gasteiger partial charge in [-0.1, -0.05) is 12.8 Å². The average molecular weight is 299 g/mol. The molecule has 1 saturated heterocycles. The minimum absolute atomic E-state index is 0.129. The third kappa shape index (κ3) is 3.23. The normalized spacial score (nSPS) is 24.2. The minimum atomic E-state index is 0.129. The lowest BCUT2D eigenvalue weighted by molar-refractivity contribution is -0.147. The summed E-state index contributed by atoms with van der Waals surface area (Å²) in [7, 11) is 0. The molecule has 1 heterocycles. The quantitative estimate of drug-likeness (QED) is 0.928. The highest BCUT2D eigenvalue weighted by Gasteiger charge is 2.36. The van der Waals surface area contributed by atoms with Crippen LogP contribution in [0.25, 0.3) is 0 Å². The molecule has 0 radical (unpaired) electrons. The van der Waals surface area contributed by atoms with Crippen LogP contribution in [0.5, 0.6) is 0 Å². The first-order chi connectivity index (χ1) is 10.8. The van der Waals surface area contributed by atoms with E-state index in [4.69, 9.17) is 10.00 Å². The van der Waals surface area contributed by atoms with Crippen molar-refractivity contribution < 1.29 is 9.53 Å². The largest absolute Gasteiger partial charge is 0.376 e. The van der Waals surface area contributed by atoms with Crippen LogP contribution in [0.4, 0.5) is 5.69 Å². The van der Waals surface area contributed by atoms with Gasteiger partial charge in [-0.3, -0.25) is 4.79 Å². The van der Waals surface area contributed by atoms with Crippen LogP contribution in [0.1, 0.15) is 31.2 Å². The molecule has 5 nitrogen and oxygen atoms in total. The van der Waals surface area contributed by atoms with Gasteiger partial charge in [-0.15, -0.1) is 0 Å². The number of hydrogen-bond acceptors (Lipinski definition) is 4.